The maximum absolute atomic E-state index is 12.0. The molecular formula is C15H17N3O2. The second-order valence-electron chi connectivity index (χ2n) is 5.13. The fourth-order valence-electron chi connectivity index (χ4n) is 2.46. The van der Waals surface area contributed by atoms with E-state index in [4.69, 9.17) is 4.74 Å². The molecule has 0 amide bonds. The van der Waals surface area contributed by atoms with Crippen LogP contribution in [0.15, 0.2) is 30.4 Å². The monoisotopic (exact) mass is 271 g/mol. The van der Waals surface area contributed by atoms with Crippen LogP contribution < -0.4 is 0 Å². The number of esters is 1. The Kier molecular flexibility index (Phi) is 3.50. The van der Waals surface area contributed by atoms with Crippen LogP contribution in [-0.4, -0.2) is 21.0 Å². The second kappa shape index (κ2) is 5.45. The van der Waals surface area contributed by atoms with Crippen LogP contribution in [0, 0.1) is 5.92 Å². The molecule has 0 fully saturated rings. The first-order valence-electron chi connectivity index (χ1n) is 6.84. The molecule has 1 aliphatic rings. The lowest BCUT2D eigenvalue weighted by atomic mass is 9.95. The van der Waals surface area contributed by atoms with Crippen molar-refractivity contribution in [1.82, 2.24) is 15.0 Å². The van der Waals surface area contributed by atoms with Crippen molar-refractivity contribution in [2.24, 2.45) is 13.0 Å². The van der Waals surface area contributed by atoms with Gasteiger partial charge in [-0.1, -0.05) is 23.4 Å². The molecule has 0 N–H and O–H groups in total. The molecule has 1 aromatic carbocycles. The molecular weight excluding hydrogens is 254 g/mol. The highest BCUT2D eigenvalue weighted by Crippen LogP contribution is 2.20. The quantitative estimate of drug-likeness (QED) is 0.635. The van der Waals surface area contributed by atoms with Gasteiger partial charge in [0, 0.05) is 7.05 Å². The van der Waals surface area contributed by atoms with Crippen molar-refractivity contribution in [1.29, 1.82) is 0 Å². The van der Waals surface area contributed by atoms with Crippen LogP contribution in [0.2, 0.25) is 0 Å². The van der Waals surface area contributed by atoms with Crippen molar-refractivity contribution >= 4 is 17.0 Å². The number of hydrogen-bond donors (Lipinski definition) is 0. The number of allylic oxidation sites excluding steroid dienone is 2. The number of carbonyl (C=O) groups is 1. The van der Waals surface area contributed by atoms with E-state index in [-0.39, 0.29) is 11.9 Å². The van der Waals surface area contributed by atoms with E-state index in [0.717, 1.165) is 35.9 Å². The maximum atomic E-state index is 12.0. The Balaban J connectivity index is 1.64. The highest BCUT2D eigenvalue weighted by molar-refractivity contribution is 5.75. The van der Waals surface area contributed by atoms with Crippen LogP contribution in [0.25, 0.3) is 11.0 Å². The van der Waals surface area contributed by atoms with Crippen LogP contribution in [-0.2, 0) is 23.2 Å². The fourth-order valence-corrected chi connectivity index (χ4v) is 2.46. The number of rotatable bonds is 3. The van der Waals surface area contributed by atoms with E-state index in [0.29, 0.717) is 6.61 Å². The van der Waals surface area contributed by atoms with E-state index >= 15 is 0 Å². The Morgan fingerprint density at radius 2 is 2.35 bits per heavy atom. The molecule has 5 nitrogen and oxygen atoms in total. The summed E-state index contributed by atoms with van der Waals surface area (Å²) >= 11 is 0. The smallest absolute Gasteiger partial charge is 0.309 e. The maximum Gasteiger partial charge on any atom is 0.309 e. The molecule has 3 rings (SSSR count). The number of aromatic nitrogens is 3. The number of nitrogens with zero attached hydrogens (tertiary/aromatic N) is 3. The minimum atomic E-state index is -0.103. The van der Waals surface area contributed by atoms with Gasteiger partial charge in [0.05, 0.1) is 11.4 Å². The molecule has 5 heteroatoms. The number of fused-ring (bicyclic) bond motifs is 1. The van der Waals surface area contributed by atoms with Crippen LogP contribution in [0.1, 0.15) is 24.8 Å². The average Bonchev–Trinajstić information content (AvgIpc) is 2.87. The Morgan fingerprint density at radius 3 is 3.15 bits per heavy atom. The minimum absolute atomic E-state index is 0.0141. The zero-order valence-electron chi connectivity index (χ0n) is 11.5. The SMILES string of the molecule is Cn1nnc2cc(COC(=O)[C@H]3CC=CCC3)ccc21. The molecule has 0 unspecified atom stereocenters. The highest BCUT2D eigenvalue weighted by atomic mass is 16.5. The summed E-state index contributed by atoms with van der Waals surface area (Å²) in [5, 5.41) is 8.02. The summed E-state index contributed by atoms with van der Waals surface area (Å²) in [4.78, 5) is 12.0. The third-order valence-electron chi connectivity index (χ3n) is 3.66. The van der Waals surface area contributed by atoms with Crippen molar-refractivity contribution in [3.8, 4) is 0 Å². The van der Waals surface area contributed by atoms with Crippen molar-refractivity contribution in [3.05, 3.63) is 35.9 Å². The van der Waals surface area contributed by atoms with E-state index < -0.39 is 0 Å². The summed E-state index contributed by atoms with van der Waals surface area (Å²) in [6.07, 6.45) is 6.82. The predicted octanol–water partition coefficient (Wildman–Crippen LogP) is 2.37. The van der Waals surface area contributed by atoms with E-state index in [1.165, 1.54) is 0 Å². The summed E-state index contributed by atoms with van der Waals surface area (Å²) < 4.78 is 7.12. The van der Waals surface area contributed by atoms with Gasteiger partial charge in [-0.05, 0) is 37.0 Å². The summed E-state index contributed by atoms with van der Waals surface area (Å²) in [6, 6.07) is 5.80. The Hall–Kier alpha value is -2.17. The van der Waals surface area contributed by atoms with Crippen LogP contribution in [0.3, 0.4) is 0 Å². The molecule has 0 spiro atoms. The predicted molar refractivity (Wildman–Crippen MR) is 74.8 cm³/mol. The van der Waals surface area contributed by atoms with Gasteiger partial charge in [0.25, 0.3) is 0 Å². The van der Waals surface area contributed by atoms with Crippen LogP contribution in [0.5, 0.6) is 0 Å². The third kappa shape index (κ3) is 2.57. The van der Waals surface area contributed by atoms with E-state index in [9.17, 15) is 4.79 Å². The zero-order chi connectivity index (χ0) is 13.9. The van der Waals surface area contributed by atoms with Gasteiger partial charge in [-0.3, -0.25) is 4.79 Å². The fraction of sp³-hybridized carbons (Fsp3) is 0.400. The molecule has 1 atom stereocenters. The molecule has 2 aromatic rings. The van der Waals surface area contributed by atoms with Gasteiger partial charge < -0.3 is 4.74 Å². The average molecular weight is 271 g/mol. The molecule has 1 heterocycles. The Labute approximate surface area is 117 Å². The lowest BCUT2D eigenvalue weighted by Crippen LogP contribution is -2.18. The van der Waals surface area contributed by atoms with E-state index in [2.05, 4.69) is 22.5 Å². The van der Waals surface area contributed by atoms with Crippen LogP contribution in [0.4, 0.5) is 0 Å². The molecule has 0 saturated heterocycles. The first-order valence-corrected chi connectivity index (χ1v) is 6.84. The van der Waals surface area contributed by atoms with Gasteiger partial charge in [0.2, 0.25) is 0 Å². The zero-order valence-corrected chi connectivity index (χ0v) is 11.5. The second-order valence-corrected chi connectivity index (χ2v) is 5.13. The van der Waals surface area contributed by atoms with Gasteiger partial charge in [0.1, 0.15) is 12.1 Å². The van der Waals surface area contributed by atoms with Crippen molar-refractivity contribution < 1.29 is 9.53 Å². The summed E-state index contributed by atoms with van der Waals surface area (Å²) in [5.74, 6) is -0.0890. The van der Waals surface area contributed by atoms with Gasteiger partial charge in [-0.2, -0.15) is 0 Å². The molecule has 104 valence electrons. The molecule has 0 radical (unpaired) electrons. The van der Waals surface area contributed by atoms with Gasteiger partial charge in [-0.15, -0.1) is 5.10 Å². The molecule has 20 heavy (non-hydrogen) atoms. The minimum Gasteiger partial charge on any atom is -0.461 e. The van der Waals surface area contributed by atoms with Gasteiger partial charge >= 0.3 is 5.97 Å². The van der Waals surface area contributed by atoms with E-state index in [1.54, 1.807) is 4.68 Å². The Bertz CT molecular complexity index is 660. The molecule has 0 aliphatic heterocycles. The number of benzene rings is 1. The third-order valence-corrected chi connectivity index (χ3v) is 3.66. The number of aryl methyl sites for hydroxylation is 1. The molecule has 0 saturated carbocycles. The molecule has 1 aromatic heterocycles. The normalized spacial score (nSPS) is 18.4. The first kappa shape index (κ1) is 12.8. The topological polar surface area (TPSA) is 57.0 Å². The van der Waals surface area contributed by atoms with Crippen LogP contribution >= 0.6 is 0 Å². The van der Waals surface area contributed by atoms with E-state index in [1.807, 2.05) is 25.2 Å². The number of ether oxygens (including phenoxy) is 1. The van der Waals surface area contributed by atoms with Crippen molar-refractivity contribution in [2.75, 3.05) is 0 Å². The lowest BCUT2D eigenvalue weighted by Gasteiger charge is -2.16. The Morgan fingerprint density at radius 1 is 1.45 bits per heavy atom. The van der Waals surface area contributed by atoms with Crippen molar-refractivity contribution in [2.45, 2.75) is 25.9 Å². The summed E-state index contributed by atoms with van der Waals surface area (Å²) in [7, 11) is 1.85. The highest BCUT2D eigenvalue weighted by Gasteiger charge is 2.20. The first-order chi connectivity index (χ1) is 9.74. The summed E-state index contributed by atoms with van der Waals surface area (Å²) in [6.45, 7) is 0.297. The standard InChI is InChI=1S/C15H17N3O2/c1-18-14-8-7-11(9-13(14)16-17-18)10-20-15(19)12-5-3-2-4-6-12/h2-3,7-9,12H,4-6,10H2,1H3/t12-/m0/s1. The number of carbonyl (C=O) groups excluding carboxylic acids is 1. The van der Waals surface area contributed by atoms with Gasteiger partial charge in [-0.25, -0.2) is 4.68 Å². The van der Waals surface area contributed by atoms with Crippen molar-refractivity contribution in [3.63, 3.8) is 0 Å². The molecule has 0 bridgehead atoms. The number of hydrogen-bond acceptors (Lipinski definition) is 4. The lowest BCUT2D eigenvalue weighted by molar-refractivity contribution is -0.150. The largest absolute Gasteiger partial charge is 0.461 e. The molecule has 1 aliphatic carbocycles. The summed E-state index contributed by atoms with van der Waals surface area (Å²) in [5.41, 5.74) is 2.73. The van der Waals surface area contributed by atoms with Gasteiger partial charge in [0.15, 0.2) is 0 Å².